The standard InChI is InChI=1S/C21H25N7O2/c1-21(2,3)10-15(18(22)29)27-16-11-25-17(19(23)30)20(28-16)26-13-7-6-12-5-4-8-24-14(12)9-13/h4-9,11,15H,10H2,1-3H3,(H2,22,29)(H2,23,30)(H2,26,27,28)/t15-/m1/s1. The summed E-state index contributed by atoms with van der Waals surface area (Å²) in [6.07, 6.45) is 3.55. The predicted octanol–water partition coefficient (Wildman–Crippen LogP) is 2.57. The van der Waals surface area contributed by atoms with Crippen LogP contribution in [0.5, 0.6) is 0 Å². The molecule has 2 aromatic heterocycles. The summed E-state index contributed by atoms with van der Waals surface area (Å²) in [6.45, 7) is 6.02. The van der Waals surface area contributed by atoms with Gasteiger partial charge in [-0.15, -0.1) is 0 Å². The van der Waals surface area contributed by atoms with Gasteiger partial charge in [0.15, 0.2) is 11.5 Å². The van der Waals surface area contributed by atoms with E-state index in [1.165, 1.54) is 6.20 Å². The quantitative estimate of drug-likeness (QED) is 0.470. The number of hydrogen-bond acceptors (Lipinski definition) is 7. The van der Waals surface area contributed by atoms with E-state index in [0.29, 0.717) is 17.9 Å². The van der Waals surface area contributed by atoms with Crippen LogP contribution in [0.4, 0.5) is 17.3 Å². The Bertz CT molecular complexity index is 1090. The zero-order valence-corrected chi connectivity index (χ0v) is 17.1. The molecule has 0 saturated carbocycles. The van der Waals surface area contributed by atoms with Crippen molar-refractivity contribution < 1.29 is 9.59 Å². The van der Waals surface area contributed by atoms with Crippen molar-refractivity contribution in [3.8, 4) is 0 Å². The SMILES string of the molecule is CC(C)(C)C[C@@H](Nc1cnc(C(N)=O)c(Nc2ccc3cccnc3c2)n1)C(N)=O. The molecule has 0 radical (unpaired) electrons. The number of aromatic nitrogens is 3. The molecule has 30 heavy (non-hydrogen) atoms. The molecule has 0 spiro atoms. The third-order valence-electron chi connectivity index (χ3n) is 4.36. The molecule has 156 valence electrons. The minimum Gasteiger partial charge on any atom is -0.368 e. The highest BCUT2D eigenvalue weighted by Gasteiger charge is 2.24. The molecule has 9 nitrogen and oxygen atoms in total. The highest BCUT2D eigenvalue weighted by atomic mass is 16.1. The summed E-state index contributed by atoms with van der Waals surface area (Å²) in [5.74, 6) is -0.756. The molecular formula is C21H25N7O2. The second-order valence-corrected chi connectivity index (χ2v) is 8.22. The molecule has 0 unspecified atom stereocenters. The minimum atomic E-state index is -0.725. The van der Waals surface area contributed by atoms with Gasteiger partial charge in [-0.1, -0.05) is 32.9 Å². The topological polar surface area (TPSA) is 149 Å². The van der Waals surface area contributed by atoms with Crippen LogP contribution >= 0.6 is 0 Å². The Kier molecular flexibility index (Phi) is 5.81. The van der Waals surface area contributed by atoms with E-state index in [2.05, 4.69) is 25.6 Å². The van der Waals surface area contributed by atoms with Gasteiger partial charge in [0.1, 0.15) is 11.9 Å². The Morgan fingerprint density at radius 3 is 2.57 bits per heavy atom. The number of nitrogens with one attached hydrogen (secondary N) is 2. The van der Waals surface area contributed by atoms with Crippen molar-refractivity contribution in [2.24, 2.45) is 16.9 Å². The van der Waals surface area contributed by atoms with Crippen molar-refractivity contribution >= 4 is 40.0 Å². The Morgan fingerprint density at radius 1 is 1.13 bits per heavy atom. The van der Waals surface area contributed by atoms with Gasteiger partial charge in [0, 0.05) is 17.3 Å². The number of benzene rings is 1. The Hall–Kier alpha value is -3.75. The number of hydrogen-bond donors (Lipinski definition) is 4. The van der Waals surface area contributed by atoms with E-state index >= 15 is 0 Å². The van der Waals surface area contributed by atoms with Crippen LogP contribution in [-0.4, -0.2) is 32.8 Å². The zero-order valence-electron chi connectivity index (χ0n) is 17.1. The van der Waals surface area contributed by atoms with Crippen molar-refractivity contribution in [3.05, 3.63) is 48.4 Å². The molecule has 9 heteroatoms. The van der Waals surface area contributed by atoms with Gasteiger partial charge in [-0.05, 0) is 30.0 Å². The van der Waals surface area contributed by atoms with Crippen LogP contribution in [0.1, 0.15) is 37.7 Å². The third-order valence-corrected chi connectivity index (χ3v) is 4.36. The average Bonchev–Trinajstić information content (AvgIpc) is 2.66. The minimum absolute atomic E-state index is 0.0203. The molecule has 1 atom stereocenters. The second kappa shape index (κ2) is 8.32. The number of pyridine rings is 1. The van der Waals surface area contributed by atoms with Crippen LogP contribution in [0.25, 0.3) is 10.9 Å². The molecule has 3 aromatic rings. The van der Waals surface area contributed by atoms with Crippen molar-refractivity contribution in [3.63, 3.8) is 0 Å². The van der Waals surface area contributed by atoms with Gasteiger partial charge in [0.2, 0.25) is 5.91 Å². The maximum atomic E-state index is 11.9. The number of anilines is 3. The van der Waals surface area contributed by atoms with Crippen molar-refractivity contribution in [2.45, 2.75) is 33.2 Å². The van der Waals surface area contributed by atoms with Crippen molar-refractivity contribution in [1.82, 2.24) is 15.0 Å². The van der Waals surface area contributed by atoms with Crippen molar-refractivity contribution in [2.75, 3.05) is 10.6 Å². The lowest BCUT2D eigenvalue weighted by Gasteiger charge is -2.25. The number of fused-ring (bicyclic) bond motifs is 1. The molecule has 1 aromatic carbocycles. The van der Waals surface area contributed by atoms with E-state index in [4.69, 9.17) is 11.5 Å². The number of primary amides is 2. The van der Waals surface area contributed by atoms with Crippen LogP contribution in [0.2, 0.25) is 0 Å². The fourth-order valence-corrected chi connectivity index (χ4v) is 3.02. The smallest absolute Gasteiger partial charge is 0.271 e. The fourth-order valence-electron chi connectivity index (χ4n) is 3.02. The van der Waals surface area contributed by atoms with E-state index in [1.54, 1.807) is 6.20 Å². The van der Waals surface area contributed by atoms with Gasteiger partial charge >= 0.3 is 0 Å². The van der Waals surface area contributed by atoms with Gasteiger partial charge in [0.25, 0.3) is 5.91 Å². The monoisotopic (exact) mass is 407 g/mol. The first-order chi connectivity index (χ1) is 14.1. The van der Waals surface area contributed by atoms with Crippen LogP contribution < -0.4 is 22.1 Å². The van der Waals surface area contributed by atoms with Crippen LogP contribution in [0, 0.1) is 5.41 Å². The first-order valence-corrected chi connectivity index (χ1v) is 9.47. The second-order valence-electron chi connectivity index (χ2n) is 8.22. The third kappa shape index (κ3) is 5.19. The summed E-state index contributed by atoms with van der Waals surface area (Å²) in [4.78, 5) is 36.5. The number of amides is 2. The molecule has 0 saturated heterocycles. The molecule has 3 rings (SSSR count). The average molecular weight is 407 g/mol. The molecule has 2 heterocycles. The highest BCUT2D eigenvalue weighted by molar-refractivity contribution is 5.96. The van der Waals surface area contributed by atoms with E-state index < -0.39 is 17.9 Å². The zero-order chi connectivity index (χ0) is 21.9. The lowest BCUT2D eigenvalue weighted by Crippen LogP contribution is -2.38. The normalized spacial score (nSPS) is 12.4. The number of nitrogens with two attached hydrogens (primary N) is 2. The van der Waals surface area contributed by atoms with Crippen molar-refractivity contribution in [1.29, 1.82) is 0 Å². The molecule has 6 N–H and O–H groups in total. The van der Waals surface area contributed by atoms with Crippen LogP contribution in [-0.2, 0) is 4.79 Å². The summed E-state index contributed by atoms with van der Waals surface area (Å²) in [5, 5.41) is 7.05. The van der Waals surface area contributed by atoms with E-state index in [0.717, 1.165) is 10.9 Å². The number of carbonyl (C=O) groups is 2. The molecule has 2 amide bonds. The summed E-state index contributed by atoms with van der Waals surface area (Å²) in [5.41, 5.74) is 12.3. The Labute approximate surface area is 174 Å². The van der Waals surface area contributed by atoms with E-state index in [9.17, 15) is 9.59 Å². The summed E-state index contributed by atoms with van der Waals surface area (Å²) >= 11 is 0. The maximum absolute atomic E-state index is 11.9. The largest absolute Gasteiger partial charge is 0.368 e. The number of nitrogens with zero attached hydrogens (tertiary/aromatic N) is 3. The maximum Gasteiger partial charge on any atom is 0.271 e. The summed E-state index contributed by atoms with van der Waals surface area (Å²) in [6, 6.07) is 8.72. The lowest BCUT2D eigenvalue weighted by atomic mass is 9.88. The van der Waals surface area contributed by atoms with Gasteiger partial charge in [-0.25, -0.2) is 9.97 Å². The van der Waals surface area contributed by atoms with Gasteiger partial charge in [-0.3, -0.25) is 14.6 Å². The molecular weight excluding hydrogens is 382 g/mol. The van der Waals surface area contributed by atoms with Gasteiger partial charge in [-0.2, -0.15) is 0 Å². The molecule has 0 fully saturated rings. The van der Waals surface area contributed by atoms with Gasteiger partial charge in [0.05, 0.1) is 11.7 Å². The van der Waals surface area contributed by atoms with Crippen LogP contribution in [0.15, 0.2) is 42.7 Å². The van der Waals surface area contributed by atoms with E-state index in [-0.39, 0.29) is 16.9 Å². The highest BCUT2D eigenvalue weighted by Crippen LogP contribution is 2.25. The Balaban J connectivity index is 1.92. The number of rotatable bonds is 7. The molecule has 0 bridgehead atoms. The molecule has 0 aliphatic carbocycles. The lowest BCUT2D eigenvalue weighted by molar-refractivity contribution is -0.119. The summed E-state index contributed by atoms with van der Waals surface area (Å²) in [7, 11) is 0. The summed E-state index contributed by atoms with van der Waals surface area (Å²) < 4.78 is 0. The number of carbonyl (C=O) groups excluding carboxylic acids is 2. The van der Waals surface area contributed by atoms with Crippen LogP contribution in [0.3, 0.4) is 0 Å². The predicted molar refractivity (Wildman–Crippen MR) is 116 cm³/mol. The van der Waals surface area contributed by atoms with E-state index in [1.807, 2.05) is 51.1 Å². The Morgan fingerprint density at radius 2 is 1.90 bits per heavy atom. The fraction of sp³-hybridized carbons (Fsp3) is 0.286. The first-order valence-electron chi connectivity index (χ1n) is 9.47. The first kappa shape index (κ1) is 21.0. The van der Waals surface area contributed by atoms with Gasteiger partial charge < -0.3 is 22.1 Å². The molecule has 0 aliphatic rings. The molecule has 0 aliphatic heterocycles.